The van der Waals surface area contributed by atoms with Gasteiger partial charge < -0.3 is 24.6 Å². The van der Waals surface area contributed by atoms with Gasteiger partial charge in [-0.3, -0.25) is 4.79 Å². The van der Waals surface area contributed by atoms with Crippen LogP contribution in [0.1, 0.15) is 6.42 Å². The summed E-state index contributed by atoms with van der Waals surface area (Å²) in [5, 5.41) is 2.62. The number of morpholine rings is 1. The Bertz CT molecular complexity index is 574. The van der Waals surface area contributed by atoms with Crippen molar-refractivity contribution in [1.29, 1.82) is 0 Å². The molecule has 2 fully saturated rings. The topological polar surface area (TPSA) is 71.1 Å². The van der Waals surface area contributed by atoms with Crippen LogP contribution < -0.4 is 10.1 Å². The second kappa shape index (κ2) is 7.53. The molecule has 24 heavy (non-hydrogen) atoms. The third-order valence-electron chi connectivity index (χ3n) is 4.39. The highest BCUT2D eigenvalue weighted by Crippen LogP contribution is 2.24. The maximum Gasteiger partial charge on any atom is 0.317 e. The first-order chi connectivity index (χ1) is 11.7. The van der Waals surface area contributed by atoms with Gasteiger partial charge >= 0.3 is 6.03 Å². The molecule has 2 atom stereocenters. The first-order valence-electron chi connectivity index (χ1n) is 8.25. The molecule has 2 aliphatic rings. The smallest absolute Gasteiger partial charge is 0.317 e. The van der Waals surface area contributed by atoms with E-state index in [4.69, 9.17) is 9.47 Å². The Morgan fingerprint density at radius 1 is 1.21 bits per heavy atom. The Morgan fingerprint density at radius 2 is 1.92 bits per heavy atom. The van der Waals surface area contributed by atoms with Crippen LogP contribution in [0.3, 0.4) is 0 Å². The monoisotopic (exact) mass is 333 g/mol. The molecule has 2 aliphatic heterocycles. The standard InChI is InChI=1S/C17H23N3O4/c1-18-17(22)20-12-14(24-13-5-3-2-4-6-13)11-15(20)16(21)19-7-9-23-10-8-19/h2-6,14-15H,7-12H2,1H3,(H,18,22)/t14-,15-/m0/s1. The van der Waals surface area contributed by atoms with Crippen LogP contribution in [0, 0.1) is 0 Å². The molecule has 0 unspecified atom stereocenters. The first-order valence-corrected chi connectivity index (χ1v) is 8.25. The van der Waals surface area contributed by atoms with Gasteiger partial charge in [0, 0.05) is 26.6 Å². The van der Waals surface area contributed by atoms with Crippen LogP contribution in [-0.4, -0.2) is 73.8 Å². The summed E-state index contributed by atoms with van der Waals surface area (Å²) in [4.78, 5) is 28.3. The summed E-state index contributed by atoms with van der Waals surface area (Å²) >= 11 is 0. The summed E-state index contributed by atoms with van der Waals surface area (Å²) in [5.74, 6) is 0.722. The van der Waals surface area contributed by atoms with Crippen LogP contribution in [0.2, 0.25) is 0 Å². The lowest BCUT2D eigenvalue weighted by atomic mass is 10.1. The van der Waals surface area contributed by atoms with Gasteiger partial charge in [0.15, 0.2) is 0 Å². The molecule has 7 heteroatoms. The van der Waals surface area contributed by atoms with Gasteiger partial charge in [-0.1, -0.05) is 18.2 Å². The van der Waals surface area contributed by atoms with Crippen molar-refractivity contribution < 1.29 is 19.1 Å². The lowest BCUT2D eigenvalue weighted by Crippen LogP contribution is -2.52. The fourth-order valence-electron chi connectivity index (χ4n) is 3.17. The van der Waals surface area contributed by atoms with Crippen molar-refractivity contribution in [3.05, 3.63) is 30.3 Å². The van der Waals surface area contributed by atoms with Gasteiger partial charge in [-0.25, -0.2) is 4.79 Å². The van der Waals surface area contributed by atoms with Crippen molar-refractivity contribution in [2.75, 3.05) is 39.9 Å². The van der Waals surface area contributed by atoms with Crippen molar-refractivity contribution in [2.24, 2.45) is 0 Å². The summed E-state index contributed by atoms with van der Waals surface area (Å²) in [5.41, 5.74) is 0. The molecule has 7 nitrogen and oxygen atoms in total. The summed E-state index contributed by atoms with van der Waals surface area (Å²) in [6.45, 7) is 2.63. The van der Waals surface area contributed by atoms with Crippen LogP contribution in [0.5, 0.6) is 5.75 Å². The van der Waals surface area contributed by atoms with Crippen molar-refractivity contribution in [2.45, 2.75) is 18.6 Å². The van der Waals surface area contributed by atoms with E-state index >= 15 is 0 Å². The van der Waals surface area contributed by atoms with E-state index in [-0.39, 0.29) is 18.0 Å². The molecule has 1 N–H and O–H groups in total. The maximum absolute atomic E-state index is 12.8. The summed E-state index contributed by atoms with van der Waals surface area (Å²) in [6.07, 6.45) is 0.304. The van der Waals surface area contributed by atoms with Crippen LogP contribution >= 0.6 is 0 Å². The van der Waals surface area contributed by atoms with E-state index in [1.807, 2.05) is 30.3 Å². The number of carbonyl (C=O) groups excluding carboxylic acids is 2. The Balaban J connectivity index is 1.70. The third kappa shape index (κ3) is 3.62. The quantitative estimate of drug-likeness (QED) is 0.884. The zero-order valence-electron chi connectivity index (χ0n) is 13.8. The van der Waals surface area contributed by atoms with Gasteiger partial charge in [0.05, 0.1) is 19.8 Å². The molecular weight excluding hydrogens is 310 g/mol. The van der Waals surface area contributed by atoms with E-state index in [0.717, 1.165) is 5.75 Å². The molecule has 0 aromatic heterocycles. The zero-order valence-corrected chi connectivity index (χ0v) is 13.8. The number of para-hydroxylation sites is 1. The van der Waals surface area contributed by atoms with Crippen molar-refractivity contribution >= 4 is 11.9 Å². The first kappa shape index (κ1) is 16.6. The van der Waals surface area contributed by atoms with Crippen molar-refractivity contribution in [3.8, 4) is 5.75 Å². The average Bonchev–Trinajstić information content (AvgIpc) is 3.05. The second-order valence-electron chi connectivity index (χ2n) is 5.95. The Labute approximate surface area is 141 Å². The highest BCUT2D eigenvalue weighted by Gasteiger charge is 2.42. The van der Waals surface area contributed by atoms with Gasteiger partial charge in [-0.2, -0.15) is 0 Å². The van der Waals surface area contributed by atoms with E-state index in [0.29, 0.717) is 39.3 Å². The van der Waals surface area contributed by atoms with Crippen LogP contribution in [-0.2, 0) is 9.53 Å². The number of likely N-dealkylation sites (tertiary alicyclic amines) is 1. The van der Waals surface area contributed by atoms with Crippen LogP contribution in [0.25, 0.3) is 0 Å². The molecule has 0 spiro atoms. The van der Waals surface area contributed by atoms with Gasteiger partial charge in [0.1, 0.15) is 17.9 Å². The molecule has 2 saturated heterocycles. The Kier molecular flexibility index (Phi) is 5.20. The molecule has 3 amide bonds. The van der Waals surface area contributed by atoms with Crippen LogP contribution in [0.15, 0.2) is 30.3 Å². The molecule has 0 aliphatic carbocycles. The summed E-state index contributed by atoms with van der Waals surface area (Å²) in [7, 11) is 1.57. The molecule has 3 rings (SSSR count). The number of nitrogens with one attached hydrogen (secondary N) is 1. The number of nitrogens with zero attached hydrogens (tertiary/aromatic N) is 2. The molecule has 130 valence electrons. The molecule has 0 bridgehead atoms. The highest BCUT2D eigenvalue weighted by atomic mass is 16.5. The van der Waals surface area contributed by atoms with Gasteiger partial charge in [0.25, 0.3) is 0 Å². The van der Waals surface area contributed by atoms with E-state index in [1.54, 1.807) is 16.8 Å². The number of hydrogen-bond donors (Lipinski definition) is 1. The molecule has 1 aromatic rings. The largest absolute Gasteiger partial charge is 0.488 e. The minimum atomic E-state index is -0.489. The summed E-state index contributed by atoms with van der Waals surface area (Å²) in [6, 6.07) is 8.73. The number of hydrogen-bond acceptors (Lipinski definition) is 4. The normalized spacial score (nSPS) is 23.9. The summed E-state index contributed by atoms with van der Waals surface area (Å²) < 4.78 is 11.2. The molecular formula is C17H23N3O4. The molecule has 2 heterocycles. The molecule has 0 saturated carbocycles. The van der Waals surface area contributed by atoms with Crippen molar-refractivity contribution in [3.63, 3.8) is 0 Å². The van der Waals surface area contributed by atoms with Crippen molar-refractivity contribution in [1.82, 2.24) is 15.1 Å². The lowest BCUT2D eigenvalue weighted by molar-refractivity contribution is -0.139. The van der Waals surface area contributed by atoms with E-state index in [9.17, 15) is 9.59 Å². The number of rotatable bonds is 3. The molecule has 1 aromatic carbocycles. The minimum absolute atomic E-state index is 0.0268. The number of carbonyl (C=O) groups is 2. The maximum atomic E-state index is 12.8. The second-order valence-corrected chi connectivity index (χ2v) is 5.95. The third-order valence-corrected chi connectivity index (χ3v) is 4.39. The Hall–Kier alpha value is -2.28. The zero-order chi connectivity index (χ0) is 16.9. The van der Waals surface area contributed by atoms with Gasteiger partial charge in [-0.05, 0) is 12.1 Å². The fourth-order valence-corrected chi connectivity index (χ4v) is 3.17. The number of amides is 3. The number of urea groups is 1. The lowest BCUT2D eigenvalue weighted by Gasteiger charge is -2.32. The number of benzene rings is 1. The minimum Gasteiger partial charge on any atom is -0.488 e. The van der Waals surface area contributed by atoms with Gasteiger partial charge in [0.2, 0.25) is 5.91 Å². The van der Waals surface area contributed by atoms with Gasteiger partial charge in [-0.15, -0.1) is 0 Å². The fraction of sp³-hybridized carbons (Fsp3) is 0.529. The average molecular weight is 333 g/mol. The van der Waals surface area contributed by atoms with E-state index in [2.05, 4.69) is 5.32 Å². The SMILES string of the molecule is CNC(=O)N1C[C@@H](Oc2ccccc2)C[C@H]1C(=O)N1CCOCC1. The van der Waals surface area contributed by atoms with E-state index in [1.165, 1.54) is 0 Å². The van der Waals surface area contributed by atoms with Crippen LogP contribution in [0.4, 0.5) is 4.79 Å². The predicted octanol–water partition coefficient (Wildman–Crippen LogP) is 0.706. The Morgan fingerprint density at radius 3 is 2.58 bits per heavy atom. The highest BCUT2D eigenvalue weighted by molar-refractivity contribution is 5.88. The molecule has 0 radical (unpaired) electrons. The van der Waals surface area contributed by atoms with E-state index < -0.39 is 6.04 Å². The predicted molar refractivity (Wildman–Crippen MR) is 87.8 cm³/mol. The number of ether oxygens (including phenoxy) is 2.